The molecular weight excluding hydrogens is 460 g/mol. The van der Waals surface area contributed by atoms with E-state index in [2.05, 4.69) is 11.8 Å². The first-order valence-corrected chi connectivity index (χ1v) is 10.9. The number of aliphatic carboxylic acids is 1. The van der Waals surface area contributed by atoms with Crippen molar-refractivity contribution in [2.24, 2.45) is 0 Å². The second-order valence-corrected chi connectivity index (χ2v) is 7.79. The first-order valence-electron chi connectivity index (χ1n) is 10.0. The minimum absolute atomic E-state index is 0.119. The van der Waals surface area contributed by atoms with Crippen molar-refractivity contribution in [3.05, 3.63) is 52.9 Å². The third-order valence-electron chi connectivity index (χ3n) is 4.79. The van der Waals surface area contributed by atoms with Gasteiger partial charge in [0, 0.05) is 22.1 Å². The van der Waals surface area contributed by atoms with Gasteiger partial charge in [-0.2, -0.15) is 0 Å². The summed E-state index contributed by atoms with van der Waals surface area (Å²) in [4.78, 5) is 11.9. The summed E-state index contributed by atoms with van der Waals surface area (Å²) in [6.45, 7) is -0.571. The highest BCUT2D eigenvalue weighted by Crippen LogP contribution is 2.40. The van der Waals surface area contributed by atoms with Gasteiger partial charge >= 0.3 is 5.97 Å². The van der Waals surface area contributed by atoms with Gasteiger partial charge < -0.3 is 33.9 Å². The average Bonchev–Trinajstić information content (AvgIpc) is 3.39. The predicted octanol–water partition coefficient (Wildman–Crippen LogP) is 4.00. The summed E-state index contributed by atoms with van der Waals surface area (Å²) in [5.74, 6) is 6.34. The van der Waals surface area contributed by atoms with Gasteiger partial charge in [0.1, 0.15) is 17.6 Å². The normalized spacial score (nSPS) is 11.1. The van der Waals surface area contributed by atoms with Crippen molar-refractivity contribution >= 4 is 17.3 Å². The minimum atomic E-state index is -1.20. The highest BCUT2D eigenvalue weighted by Gasteiger charge is 2.18. The van der Waals surface area contributed by atoms with E-state index in [1.807, 2.05) is 23.6 Å². The van der Waals surface area contributed by atoms with Gasteiger partial charge in [-0.3, -0.25) is 0 Å². The van der Waals surface area contributed by atoms with E-state index in [0.29, 0.717) is 22.6 Å². The molecule has 0 radical (unpaired) electrons. The molecule has 34 heavy (non-hydrogen) atoms. The molecule has 8 nitrogen and oxygen atoms in total. The fourth-order valence-corrected chi connectivity index (χ4v) is 3.93. The molecule has 1 aromatic heterocycles. The molecule has 3 rings (SSSR count). The van der Waals surface area contributed by atoms with E-state index in [-0.39, 0.29) is 17.2 Å². The maximum Gasteiger partial charge on any atom is 0.341 e. The molecule has 1 atom stereocenters. The molecule has 0 aliphatic carbocycles. The lowest BCUT2D eigenvalue weighted by atomic mass is 10.0. The molecule has 1 unspecified atom stereocenters. The summed E-state index contributed by atoms with van der Waals surface area (Å²) in [6, 6.07) is 10.6. The number of methoxy groups -OCH3 is 4. The zero-order valence-corrected chi connectivity index (χ0v) is 19.9. The smallest absolute Gasteiger partial charge is 0.341 e. The zero-order valence-electron chi connectivity index (χ0n) is 19.1. The van der Waals surface area contributed by atoms with Gasteiger partial charge in [0.2, 0.25) is 5.75 Å². The third-order valence-corrected chi connectivity index (χ3v) is 5.69. The number of carbonyl (C=O) groups is 1. The van der Waals surface area contributed by atoms with Crippen molar-refractivity contribution in [3.8, 4) is 51.0 Å². The Balaban J connectivity index is 1.99. The molecule has 3 aromatic rings. The van der Waals surface area contributed by atoms with Gasteiger partial charge in [0.25, 0.3) is 0 Å². The van der Waals surface area contributed by atoms with Crippen molar-refractivity contribution < 1.29 is 38.7 Å². The fourth-order valence-electron chi connectivity index (χ4n) is 3.18. The quantitative estimate of drug-likeness (QED) is 0.440. The Morgan fingerprint density at radius 3 is 2.15 bits per heavy atom. The Morgan fingerprint density at radius 2 is 1.62 bits per heavy atom. The van der Waals surface area contributed by atoms with E-state index in [1.54, 1.807) is 24.5 Å². The molecule has 0 bridgehead atoms. The summed E-state index contributed by atoms with van der Waals surface area (Å²) in [6.07, 6.45) is -1.20. The van der Waals surface area contributed by atoms with Gasteiger partial charge in [0.05, 0.1) is 34.0 Å². The zero-order chi connectivity index (χ0) is 24.7. The number of thiophene rings is 1. The number of carboxylic acids is 1. The highest BCUT2D eigenvalue weighted by atomic mass is 32.1. The average molecular weight is 485 g/mol. The lowest BCUT2D eigenvalue weighted by Crippen LogP contribution is -2.11. The second kappa shape index (κ2) is 11.3. The number of ether oxygens (including phenoxy) is 5. The van der Waals surface area contributed by atoms with Crippen LogP contribution in [0.3, 0.4) is 0 Å². The third kappa shape index (κ3) is 5.54. The molecule has 178 valence electrons. The van der Waals surface area contributed by atoms with Crippen LogP contribution >= 0.6 is 11.3 Å². The van der Waals surface area contributed by atoms with Crippen LogP contribution < -0.4 is 23.7 Å². The number of carboxylic acid groups (broad SMARTS) is 1. The lowest BCUT2D eigenvalue weighted by molar-refractivity contribution is -0.139. The lowest BCUT2D eigenvalue weighted by Gasteiger charge is -2.16. The molecule has 0 fully saturated rings. The van der Waals surface area contributed by atoms with E-state index in [0.717, 1.165) is 10.4 Å². The van der Waals surface area contributed by atoms with Crippen molar-refractivity contribution in [3.63, 3.8) is 0 Å². The Morgan fingerprint density at radius 1 is 0.971 bits per heavy atom. The SMILES string of the molecule is COc1cc(OC)c(-c2cccs2)cc1C#CC(O)c1cc(OC)c(OCC(=O)O)c(OC)c1. The van der Waals surface area contributed by atoms with Crippen molar-refractivity contribution in [2.45, 2.75) is 6.10 Å². The number of hydrogen-bond donors (Lipinski definition) is 2. The van der Waals surface area contributed by atoms with Gasteiger partial charge in [-0.15, -0.1) is 11.3 Å². The van der Waals surface area contributed by atoms with Crippen LogP contribution in [0.2, 0.25) is 0 Å². The largest absolute Gasteiger partial charge is 0.496 e. The molecule has 2 N–H and O–H groups in total. The van der Waals surface area contributed by atoms with Crippen LogP contribution in [0.5, 0.6) is 28.7 Å². The number of aliphatic hydroxyl groups is 1. The van der Waals surface area contributed by atoms with Crippen molar-refractivity contribution in [1.82, 2.24) is 0 Å². The molecule has 2 aromatic carbocycles. The van der Waals surface area contributed by atoms with Crippen LogP contribution in [0.4, 0.5) is 0 Å². The van der Waals surface area contributed by atoms with Gasteiger partial charge in [0.15, 0.2) is 18.1 Å². The van der Waals surface area contributed by atoms with E-state index in [9.17, 15) is 9.90 Å². The van der Waals surface area contributed by atoms with Gasteiger partial charge in [-0.25, -0.2) is 4.79 Å². The van der Waals surface area contributed by atoms with Crippen molar-refractivity contribution in [2.75, 3.05) is 35.0 Å². The maximum atomic E-state index is 10.9. The first-order chi connectivity index (χ1) is 16.4. The summed E-state index contributed by atoms with van der Waals surface area (Å²) < 4.78 is 26.9. The highest BCUT2D eigenvalue weighted by molar-refractivity contribution is 7.13. The molecule has 0 aliphatic heterocycles. The molecule has 9 heteroatoms. The Kier molecular flexibility index (Phi) is 8.24. The summed E-state index contributed by atoms with van der Waals surface area (Å²) >= 11 is 1.57. The van der Waals surface area contributed by atoms with E-state index in [1.165, 1.54) is 33.5 Å². The molecule has 0 saturated heterocycles. The number of hydrogen-bond acceptors (Lipinski definition) is 8. The van der Waals surface area contributed by atoms with Crippen LogP contribution in [0.25, 0.3) is 10.4 Å². The van der Waals surface area contributed by atoms with Crippen LogP contribution in [0.1, 0.15) is 17.2 Å². The number of aliphatic hydroxyl groups excluding tert-OH is 1. The summed E-state index contributed by atoms with van der Waals surface area (Å²) in [5, 5.41) is 21.6. The number of benzene rings is 2. The minimum Gasteiger partial charge on any atom is -0.496 e. The van der Waals surface area contributed by atoms with Crippen LogP contribution in [-0.2, 0) is 4.79 Å². The fraction of sp³-hybridized carbons (Fsp3) is 0.240. The first kappa shape index (κ1) is 24.8. The van der Waals surface area contributed by atoms with E-state index >= 15 is 0 Å². The van der Waals surface area contributed by atoms with E-state index in [4.69, 9.17) is 28.8 Å². The Labute approximate surface area is 201 Å². The summed E-state index contributed by atoms with van der Waals surface area (Å²) in [5.41, 5.74) is 1.82. The van der Waals surface area contributed by atoms with E-state index < -0.39 is 18.7 Å². The summed E-state index contributed by atoms with van der Waals surface area (Å²) in [7, 11) is 5.93. The van der Waals surface area contributed by atoms with Gasteiger partial charge in [-0.1, -0.05) is 17.9 Å². The Hall–Kier alpha value is -3.87. The van der Waals surface area contributed by atoms with Gasteiger partial charge in [-0.05, 0) is 29.6 Å². The maximum absolute atomic E-state index is 10.9. The molecule has 0 saturated carbocycles. The topological polar surface area (TPSA) is 104 Å². The van der Waals surface area contributed by atoms with Crippen LogP contribution in [0.15, 0.2) is 41.8 Å². The standard InChI is InChI=1S/C25H24O8S/c1-29-19-13-20(30-2)17(23-6-5-9-34-23)10-15(19)7-8-18(26)16-11-21(31-3)25(22(12-16)32-4)33-14-24(27)28/h5-6,9-13,18,26H,14H2,1-4H3,(H,27,28). The Bertz CT molecular complexity index is 1180. The van der Waals surface area contributed by atoms with Crippen molar-refractivity contribution in [1.29, 1.82) is 0 Å². The second-order valence-electron chi connectivity index (χ2n) is 6.84. The molecule has 0 aliphatic rings. The monoisotopic (exact) mass is 484 g/mol. The molecule has 0 spiro atoms. The molecule has 1 heterocycles. The molecular formula is C25H24O8S. The van der Waals surface area contributed by atoms with Crippen LogP contribution in [0, 0.1) is 11.8 Å². The predicted molar refractivity (Wildman–Crippen MR) is 127 cm³/mol. The van der Waals surface area contributed by atoms with Crippen LogP contribution in [-0.4, -0.2) is 51.2 Å². The number of rotatable bonds is 9. The molecule has 0 amide bonds.